The molecule has 0 aliphatic heterocycles. The van der Waals surface area contributed by atoms with Crippen LogP contribution in [0.5, 0.6) is 0 Å². The Hall–Kier alpha value is -4.51. The Bertz CT molecular complexity index is 1200. The SMILES string of the molecule is N#Cc1ccc(-[n+]2ccc(-c3cc[n+](-c4ccc(C#N)cc4)cc3)cc2)cc1.[O-]B(F)F.[O-]B(F)F. The highest BCUT2D eigenvalue weighted by molar-refractivity contribution is 6.30. The Balaban J connectivity index is 0.000000501. The summed E-state index contributed by atoms with van der Waals surface area (Å²) in [4.78, 5) is 0. The van der Waals surface area contributed by atoms with Crippen molar-refractivity contribution >= 4 is 14.9 Å². The van der Waals surface area contributed by atoms with Crippen LogP contribution in [0.2, 0.25) is 0 Å². The lowest BCUT2D eigenvalue weighted by atomic mass is 10.1. The fourth-order valence-corrected chi connectivity index (χ4v) is 3.00. The Labute approximate surface area is 205 Å². The van der Waals surface area contributed by atoms with Gasteiger partial charge in [-0.05, 0) is 35.4 Å². The van der Waals surface area contributed by atoms with Gasteiger partial charge in [0.15, 0.2) is 24.8 Å². The molecule has 0 atom stereocenters. The summed E-state index contributed by atoms with van der Waals surface area (Å²) < 4.78 is 43.1. The van der Waals surface area contributed by atoms with E-state index in [-0.39, 0.29) is 0 Å². The first-order valence-corrected chi connectivity index (χ1v) is 10.2. The van der Waals surface area contributed by atoms with E-state index in [1.54, 1.807) is 0 Å². The highest BCUT2D eigenvalue weighted by Gasteiger charge is 2.09. The van der Waals surface area contributed by atoms with Crippen LogP contribution in [-0.2, 0) is 0 Å². The molecule has 178 valence electrons. The summed E-state index contributed by atoms with van der Waals surface area (Å²) in [6, 6.07) is 27.5. The number of aromatic nitrogens is 2. The van der Waals surface area contributed by atoms with Gasteiger partial charge in [0.05, 0.1) is 23.3 Å². The molecule has 36 heavy (non-hydrogen) atoms. The van der Waals surface area contributed by atoms with E-state index in [2.05, 4.69) is 36.4 Å². The van der Waals surface area contributed by atoms with Gasteiger partial charge in [0.2, 0.25) is 11.4 Å². The van der Waals surface area contributed by atoms with Gasteiger partial charge >= 0.3 is 14.9 Å². The van der Waals surface area contributed by atoms with E-state index < -0.39 is 14.9 Å². The molecule has 6 nitrogen and oxygen atoms in total. The van der Waals surface area contributed by atoms with Crippen LogP contribution in [0.15, 0.2) is 97.6 Å². The van der Waals surface area contributed by atoms with E-state index in [0.29, 0.717) is 11.1 Å². The molecule has 12 heteroatoms. The molecule has 0 radical (unpaired) electrons. The van der Waals surface area contributed by atoms with Crippen LogP contribution in [0.25, 0.3) is 22.5 Å². The third kappa shape index (κ3) is 9.03. The number of pyridine rings is 2. The Kier molecular flexibility index (Phi) is 10.8. The number of rotatable bonds is 3. The van der Waals surface area contributed by atoms with Crippen molar-refractivity contribution < 1.29 is 36.4 Å². The van der Waals surface area contributed by atoms with Gasteiger partial charge in [-0.15, -0.1) is 0 Å². The number of benzene rings is 2. The van der Waals surface area contributed by atoms with Crippen LogP contribution in [0, 0.1) is 22.7 Å². The quantitative estimate of drug-likeness (QED) is 0.250. The van der Waals surface area contributed by atoms with Crippen molar-refractivity contribution in [2.24, 2.45) is 0 Å². The third-order valence-corrected chi connectivity index (χ3v) is 4.58. The maximum absolute atomic E-state index is 9.78. The number of nitrogens with zero attached hydrogens (tertiary/aromatic N) is 4. The van der Waals surface area contributed by atoms with Crippen molar-refractivity contribution in [3.05, 3.63) is 109 Å². The zero-order chi connectivity index (χ0) is 26.5. The third-order valence-electron chi connectivity index (χ3n) is 4.58. The monoisotopic (exact) mass is 490 g/mol. The smallest absolute Gasteiger partial charge is 0.447 e. The molecule has 2 heterocycles. The van der Waals surface area contributed by atoms with Crippen molar-refractivity contribution in [3.8, 4) is 34.6 Å². The lowest BCUT2D eigenvalue weighted by Gasteiger charge is -2.01. The molecular weight excluding hydrogens is 474 g/mol. The van der Waals surface area contributed by atoms with E-state index in [1.165, 1.54) is 0 Å². The second-order valence-electron chi connectivity index (χ2n) is 6.83. The minimum absolute atomic E-state index is 0.654. The molecule has 0 N–H and O–H groups in total. The van der Waals surface area contributed by atoms with Gasteiger partial charge < -0.3 is 27.3 Å². The van der Waals surface area contributed by atoms with Crippen LogP contribution in [0.4, 0.5) is 17.3 Å². The summed E-state index contributed by atoms with van der Waals surface area (Å²) in [5, 5.41) is 34.2. The Morgan fingerprint density at radius 1 is 0.528 bits per heavy atom. The number of halogens is 4. The van der Waals surface area contributed by atoms with Crippen LogP contribution >= 0.6 is 0 Å². The van der Waals surface area contributed by atoms with Crippen LogP contribution in [-0.4, -0.2) is 14.9 Å². The predicted octanol–water partition coefficient (Wildman–Crippen LogP) is 2.19. The minimum Gasteiger partial charge on any atom is -0.824 e. The van der Waals surface area contributed by atoms with Crippen molar-refractivity contribution in [1.82, 2.24) is 0 Å². The van der Waals surface area contributed by atoms with E-state index in [9.17, 15) is 17.3 Å². The molecule has 0 aliphatic rings. The summed E-state index contributed by atoms with van der Waals surface area (Å²) in [6.07, 6.45) is 8.05. The van der Waals surface area contributed by atoms with E-state index in [0.717, 1.165) is 22.5 Å². The fourth-order valence-electron chi connectivity index (χ4n) is 3.00. The summed E-state index contributed by atoms with van der Waals surface area (Å²) in [5.41, 5.74) is 5.57. The summed E-state index contributed by atoms with van der Waals surface area (Å²) in [6.45, 7) is 0. The molecular formula is C24H16B2F4N4O2. The van der Waals surface area contributed by atoms with Gasteiger partial charge in [-0.3, -0.25) is 0 Å². The number of hydrogen-bond acceptors (Lipinski definition) is 4. The van der Waals surface area contributed by atoms with Crippen molar-refractivity contribution in [3.63, 3.8) is 0 Å². The Morgan fingerprint density at radius 3 is 1.00 bits per heavy atom. The molecule has 2 aromatic carbocycles. The average molecular weight is 490 g/mol. The minimum atomic E-state index is -3.42. The summed E-state index contributed by atoms with van der Waals surface area (Å²) in [7, 11) is -6.83. The molecule has 0 fully saturated rings. The molecule has 0 saturated carbocycles. The maximum Gasteiger partial charge on any atom is 0.447 e. The second-order valence-corrected chi connectivity index (χ2v) is 6.83. The zero-order valence-electron chi connectivity index (χ0n) is 18.5. The van der Waals surface area contributed by atoms with Crippen LogP contribution in [0.3, 0.4) is 0 Å². The normalized spacial score (nSPS) is 9.33. The molecule has 0 amide bonds. The van der Waals surface area contributed by atoms with Crippen molar-refractivity contribution in [1.29, 1.82) is 10.5 Å². The average Bonchev–Trinajstić information content (AvgIpc) is 2.88. The molecule has 0 saturated heterocycles. The van der Waals surface area contributed by atoms with Gasteiger partial charge in [-0.2, -0.15) is 19.7 Å². The van der Waals surface area contributed by atoms with Crippen molar-refractivity contribution in [2.75, 3.05) is 0 Å². The maximum atomic E-state index is 9.78. The standard InChI is InChI=1S/C24H16N4.2BF2O/c25-17-19-1-5-23(6-2-19)27-13-9-21(10-14-27)22-11-15-28(16-12-22)24-7-3-20(18-26)4-8-24;2*2-1(3)4/h1-16H;;/q+2;2*-1. The topological polar surface area (TPSA) is 101 Å². The van der Waals surface area contributed by atoms with Gasteiger partial charge in [0.1, 0.15) is 0 Å². The fraction of sp³-hybridized carbons (Fsp3) is 0. The largest absolute Gasteiger partial charge is 0.824 e. The number of nitriles is 2. The zero-order valence-corrected chi connectivity index (χ0v) is 18.5. The molecule has 0 bridgehead atoms. The molecule has 4 rings (SSSR count). The molecule has 2 aromatic heterocycles. The van der Waals surface area contributed by atoms with E-state index >= 15 is 0 Å². The first kappa shape index (κ1) is 27.7. The number of hydrogen-bond donors (Lipinski definition) is 0. The van der Waals surface area contributed by atoms with Gasteiger partial charge in [-0.1, -0.05) is 0 Å². The predicted molar refractivity (Wildman–Crippen MR) is 120 cm³/mol. The lowest BCUT2D eigenvalue weighted by Crippen LogP contribution is -2.29. The van der Waals surface area contributed by atoms with Crippen molar-refractivity contribution in [2.45, 2.75) is 0 Å². The lowest BCUT2D eigenvalue weighted by molar-refractivity contribution is -0.596. The molecule has 4 aromatic rings. The summed E-state index contributed by atoms with van der Waals surface area (Å²) >= 11 is 0. The molecule has 0 unspecified atom stereocenters. The summed E-state index contributed by atoms with van der Waals surface area (Å²) in [5.74, 6) is 0. The van der Waals surface area contributed by atoms with E-state index in [1.807, 2.05) is 82.5 Å². The highest BCUT2D eigenvalue weighted by Crippen LogP contribution is 2.17. The van der Waals surface area contributed by atoms with Gasteiger partial charge in [-0.25, -0.2) is 0 Å². The highest BCUT2D eigenvalue weighted by atomic mass is 19.2. The van der Waals surface area contributed by atoms with Crippen LogP contribution in [0.1, 0.15) is 11.1 Å². The van der Waals surface area contributed by atoms with Gasteiger partial charge in [0.25, 0.3) is 0 Å². The Morgan fingerprint density at radius 2 is 0.778 bits per heavy atom. The molecule has 0 spiro atoms. The second kappa shape index (κ2) is 14.0. The van der Waals surface area contributed by atoms with Gasteiger partial charge in [0, 0.05) is 48.5 Å². The first-order valence-electron chi connectivity index (χ1n) is 10.2. The first-order chi connectivity index (χ1) is 17.2. The van der Waals surface area contributed by atoms with E-state index in [4.69, 9.17) is 20.6 Å². The van der Waals surface area contributed by atoms with Crippen LogP contribution < -0.4 is 19.2 Å². The molecule has 0 aliphatic carbocycles.